The molecule has 0 spiro atoms. The van der Waals surface area contributed by atoms with Gasteiger partial charge in [-0.1, -0.05) is 30.3 Å². The third-order valence-corrected chi connectivity index (χ3v) is 3.65. The minimum atomic E-state index is -0.904. The van der Waals surface area contributed by atoms with E-state index in [2.05, 4.69) is 32.7 Å². The van der Waals surface area contributed by atoms with E-state index in [0.29, 0.717) is 17.3 Å². The van der Waals surface area contributed by atoms with Crippen molar-refractivity contribution in [3.8, 4) is 0 Å². The van der Waals surface area contributed by atoms with E-state index in [1.807, 2.05) is 18.2 Å². The molecule has 0 aliphatic carbocycles. The molecule has 2 N–H and O–H groups in total. The van der Waals surface area contributed by atoms with E-state index in [1.165, 1.54) is 18.0 Å². The Labute approximate surface area is 145 Å². The molecule has 0 saturated carbocycles. The van der Waals surface area contributed by atoms with E-state index in [9.17, 15) is 8.78 Å². The molecule has 3 aromatic rings. The molecule has 0 saturated heterocycles. The van der Waals surface area contributed by atoms with Crippen LogP contribution in [0.3, 0.4) is 0 Å². The van der Waals surface area contributed by atoms with E-state index in [0.717, 1.165) is 31.5 Å². The lowest BCUT2D eigenvalue weighted by Gasteiger charge is -2.09. The molecular formula is C19H18F2N4. The number of halogens is 2. The zero-order valence-electron chi connectivity index (χ0n) is 13.5. The van der Waals surface area contributed by atoms with Gasteiger partial charge in [0.1, 0.15) is 18.0 Å². The van der Waals surface area contributed by atoms with Crippen LogP contribution in [0.4, 0.5) is 26.1 Å². The van der Waals surface area contributed by atoms with Crippen molar-refractivity contribution >= 4 is 17.3 Å². The van der Waals surface area contributed by atoms with Gasteiger partial charge in [-0.3, -0.25) is 0 Å². The van der Waals surface area contributed by atoms with Crippen LogP contribution in [0.1, 0.15) is 12.0 Å². The summed E-state index contributed by atoms with van der Waals surface area (Å²) in [7, 11) is 0. The van der Waals surface area contributed by atoms with Crippen LogP contribution in [0, 0.1) is 11.6 Å². The van der Waals surface area contributed by atoms with Crippen LogP contribution in [0.15, 0.2) is 60.9 Å². The average molecular weight is 340 g/mol. The zero-order chi connectivity index (χ0) is 17.5. The van der Waals surface area contributed by atoms with Gasteiger partial charge in [0.2, 0.25) is 0 Å². The number of aryl methyl sites for hydroxylation is 1. The van der Waals surface area contributed by atoms with Gasteiger partial charge in [0.25, 0.3) is 0 Å². The largest absolute Gasteiger partial charge is 0.370 e. The predicted octanol–water partition coefficient (Wildman–Crippen LogP) is 4.54. The standard InChI is InChI=1S/C19H18F2N4/c20-16-9-8-15(11-17(16)21)25-19-12-18(23-13-24-19)22-10-4-7-14-5-2-1-3-6-14/h1-3,5-6,8-9,11-13H,4,7,10H2,(H2,22,23,24,25). The average Bonchev–Trinajstić information content (AvgIpc) is 2.63. The summed E-state index contributed by atoms with van der Waals surface area (Å²) in [5.41, 5.74) is 1.72. The summed E-state index contributed by atoms with van der Waals surface area (Å²) >= 11 is 0. The van der Waals surface area contributed by atoms with Crippen molar-refractivity contribution in [2.24, 2.45) is 0 Å². The van der Waals surface area contributed by atoms with Gasteiger partial charge in [0, 0.05) is 24.4 Å². The van der Waals surface area contributed by atoms with E-state index in [4.69, 9.17) is 0 Å². The fourth-order valence-electron chi connectivity index (χ4n) is 2.40. The Hall–Kier alpha value is -3.02. The van der Waals surface area contributed by atoms with Crippen LogP contribution >= 0.6 is 0 Å². The Kier molecular flexibility index (Phi) is 5.51. The predicted molar refractivity (Wildman–Crippen MR) is 94.9 cm³/mol. The molecule has 0 aliphatic rings. The lowest BCUT2D eigenvalue weighted by molar-refractivity contribution is 0.509. The maximum Gasteiger partial charge on any atom is 0.160 e. The van der Waals surface area contributed by atoms with Crippen molar-refractivity contribution in [1.29, 1.82) is 0 Å². The van der Waals surface area contributed by atoms with Crippen molar-refractivity contribution in [1.82, 2.24) is 9.97 Å². The second-order valence-corrected chi connectivity index (χ2v) is 5.56. The summed E-state index contributed by atoms with van der Waals surface area (Å²) in [5, 5.41) is 6.17. The van der Waals surface area contributed by atoms with E-state index in [-0.39, 0.29) is 0 Å². The molecule has 0 radical (unpaired) electrons. The first-order valence-electron chi connectivity index (χ1n) is 8.02. The number of hydrogen-bond acceptors (Lipinski definition) is 4. The second-order valence-electron chi connectivity index (χ2n) is 5.56. The number of benzene rings is 2. The Balaban J connectivity index is 1.53. The summed E-state index contributed by atoms with van der Waals surface area (Å²) < 4.78 is 26.2. The molecule has 0 aliphatic heterocycles. The lowest BCUT2D eigenvalue weighted by Crippen LogP contribution is -2.05. The van der Waals surface area contributed by atoms with Crippen molar-refractivity contribution in [2.45, 2.75) is 12.8 Å². The quantitative estimate of drug-likeness (QED) is 0.620. The smallest absolute Gasteiger partial charge is 0.160 e. The maximum atomic E-state index is 13.2. The Morgan fingerprint density at radius 3 is 2.44 bits per heavy atom. The van der Waals surface area contributed by atoms with Gasteiger partial charge in [-0.15, -0.1) is 0 Å². The molecule has 1 aromatic heterocycles. The van der Waals surface area contributed by atoms with Crippen molar-refractivity contribution < 1.29 is 8.78 Å². The molecule has 6 heteroatoms. The summed E-state index contributed by atoms with van der Waals surface area (Å²) in [5.74, 6) is -0.605. The summed E-state index contributed by atoms with van der Waals surface area (Å²) in [6.45, 7) is 0.774. The van der Waals surface area contributed by atoms with Crippen molar-refractivity contribution in [3.63, 3.8) is 0 Å². The Morgan fingerprint density at radius 1 is 0.840 bits per heavy atom. The van der Waals surface area contributed by atoms with Crippen molar-refractivity contribution in [2.75, 3.05) is 17.2 Å². The highest BCUT2D eigenvalue weighted by atomic mass is 19.2. The summed E-state index contributed by atoms with van der Waals surface area (Å²) in [4.78, 5) is 8.25. The number of rotatable bonds is 7. The molecule has 1 heterocycles. The van der Waals surface area contributed by atoms with Gasteiger partial charge >= 0.3 is 0 Å². The highest BCUT2D eigenvalue weighted by molar-refractivity contribution is 5.58. The van der Waals surface area contributed by atoms with Crippen LogP contribution in [-0.4, -0.2) is 16.5 Å². The number of aromatic nitrogens is 2. The molecule has 2 aromatic carbocycles. The Bertz CT molecular complexity index is 825. The molecule has 4 nitrogen and oxygen atoms in total. The summed E-state index contributed by atoms with van der Waals surface area (Å²) in [6, 6.07) is 15.6. The van der Waals surface area contributed by atoms with Gasteiger partial charge in [0.15, 0.2) is 11.6 Å². The second kappa shape index (κ2) is 8.19. The number of anilines is 3. The topological polar surface area (TPSA) is 49.8 Å². The van der Waals surface area contributed by atoms with Gasteiger partial charge in [-0.2, -0.15) is 0 Å². The minimum absolute atomic E-state index is 0.424. The fourth-order valence-corrected chi connectivity index (χ4v) is 2.40. The van der Waals surface area contributed by atoms with Gasteiger partial charge in [0.05, 0.1) is 0 Å². The molecule has 0 fully saturated rings. The molecule has 3 rings (SSSR count). The number of hydrogen-bond donors (Lipinski definition) is 2. The van der Waals surface area contributed by atoms with Crippen LogP contribution in [-0.2, 0) is 6.42 Å². The Morgan fingerprint density at radius 2 is 1.64 bits per heavy atom. The first-order chi connectivity index (χ1) is 12.2. The third-order valence-electron chi connectivity index (χ3n) is 3.65. The molecular weight excluding hydrogens is 322 g/mol. The highest BCUT2D eigenvalue weighted by Gasteiger charge is 2.04. The maximum absolute atomic E-state index is 13.2. The monoisotopic (exact) mass is 340 g/mol. The fraction of sp³-hybridized carbons (Fsp3) is 0.158. The van der Waals surface area contributed by atoms with E-state index < -0.39 is 11.6 Å². The zero-order valence-corrected chi connectivity index (χ0v) is 13.5. The first-order valence-corrected chi connectivity index (χ1v) is 8.02. The normalized spacial score (nSPS) is 10.5. The lowest BCUT2D eigenvalue weighted by atomic mass is 10.1. The minimum Gasteiger partial charge on any atom is -0.370 e. The molecule has 0 unspecified atom stereocenters. The molecule has 0 amide bonds. The van der Waals surface area contributed by atoms with Gasteiger partial charge in [-0.25, -0.2) is 18.7 Å². The summed E-state index contributed by atoms with van der Waals surface area (Å²) in [6.07, 6.45) is 3.38. The number of nitrogens with zero attached hydrogens (tertiary/aromatic N) is 2. The molecule has 25 heavy (non-hydrogen) atoms. The van der Waals surface area contributed by atoms with Crippen LogP contribution in [0.25, 0.3) is 0 Å². The van der Waals surface area contributed by atoms with Crippen molar-refractivity contribution in [3.05, 3.63) is 78.1 Å². The van der Waals surface area contributed by atoms with E-state index in [1.54, 1.807) is 6.07 Å². The SMILES string of the molecule is Fc1ccc(Nc2cc(NCCCc3ccccc3)ncn2)cc1F. The first kappa shape index (κ1) is 16.8. The van der Waals surface area contributed by atoms with Gasteiger partial charge < -0.3 is 10.6 Å². The van der Waals surface area contributed by atoms with Crippen LogP contribution in [0.5, 0.6) is 0 Å². The van der Waals surface area contributed by atoms with Crippen LogP contribution in [0.2, 0.25) is 0 Å². The van der Waals surface area contributed by atoms with E-state index >= 15 is 0 Å². The highest BCUT2D eigenvalue weighted by Crippen LogP contribution is 2.18. The van der Waals surface area contributed by atoms with Gasteiger partial charge in [-0.05, 0) is 30.5 Å². The molecule has 0 atom stereocenters. The molecule has 0 bridgehead atoms. The molecule has 128 valence electrons. The van der Waals surface area contributed by atoms with Crippen LogP contribution < -0.4 is 10.6 Å². The number of nitrogens with one attached hydrogen (secondary N) is 2. The third kappa shape index (κ3) is 4.97.